The molecule has 140 valence electrons. The number of carbonyl (C=O) groups is 1. The third kappa shape index (κ3) is 4.22. The van der Waals surface area contributed by atoms with Gasteiger partial charge in [-0.2, -0.15) is 0 Å². The van der Waals surface area contributed by atoms with E-state index in [4.69, 9.17) is 9.47 Å². The maximum atomic E-state index is 12.8. The molecular weight excluding hydrogens is 320 g/mol. The number of ether oxygens (including phenoxy) is 2. The summed E-state index contributed by atoms with van der Waals surface area (Å²) in [5.74, 6) is 1.03. The van der Waals surface area contributed by atoms with E-state index < -0.39 is 0 Å². The Bertz CT molecular complexity index is 591. The number of hydrogen-bond donors (Lipinski definition) is 0. The number of methoxy groups -OCH3 is 1. The van der Waals surface area contributed by atoms with E-state index in [2.05, 4.69) is 16.9 Å². The first kappa shape index (κ1) is 18.4. The van der Waals surface area contributed by atoms with Crippen LogP contribution in [0.5, 0.6) is 0 Å². The number of piperidine rings is 1. The van der Waals surface area contributed by atoms with Gasteiger partial charge in [-0.25, -0.2) is 4.98 Å². The molecule has 0 bridgehead atoms. The maximum Gasteiger partial charge on any atom is 0.289 e. The molecule has 3 heterocycles. The minimum Gasteiger partial charge on any atom is -0.383 e. The van der Waals surface area contributed by atoms with Crippen LogP contribution in [-0.4, -0.2) is 84.4 Å². The molecule has 7 heteroatoms. The zero-order chi connectivity index (χ0) is 17.9. The lowest BCUT2D eigenvalue weighted by atomic mass is 9.86. The molecule has 0 unspecified atom stereocenters. The fourth-order valence-electron chi connectivity index (χ4n) is 4.10. The molecule has 0 aromatic carbocycles. The summed E-state index contributed by atoms with van der Waals surface area (Å²) >= 11 is 0. The van der Waals surface area contributed by atoms with Gasteiger partial charge >= 0.3 is 0 Å². The van der Waals surface area contributed by atoms with E-state index in [0.29, 0.717) is 18.3 Å². The van der Waals surface area contributed by atoms with Gasteiger partial charge in [-0.05, 0) is 32.2 Å². The molecule has 0 N–H and O–H groups in total. The second-order valence-electron chi connectivity index (χ2n) is 7.51. The first-order valence-corrected chi connectivity index (χ1v) is 9.11. The highest BCUT2D eigenvalue weighted by Crippen LogP contribution is 2.38. The van der Waals surface area contributed by atoms with E-state index in [-0.39, 0.29) is 11.5 Å². The smallest absolute Gasteiger partial charge is 0.289 e. The molecule has 1 amide bonds. The molecule has 0 saturated carbocycles. The zero-order valence-corrected chi connectivity index (χ0v) is 15.6. The quantitative estimate of drug-likeness (QED) is 0.766. The molecule has 25 heavy (non-hydrogen) atoms. The van der Waals surface area contributed by atoms with Crippen molar-refractivity contribution in [2.45, 2.75) is 24.9 Å². The number of carbonyl (C=O) groups excluding carboxylic acids is 1. The van der Waals surface area contributed by atoms with Gasteiger partial charge in [0.15, 0.2) is 5.82 Å². The molecule has 3 rings (SSSR count). The van der Waals surface area contributed by atoms with Crippen LogP contribution in [0.1, 0.15) is 29.9 Å². The third-order valence-corrected chi connectivity index (χ3v) is 5.37. The average molecular weight is 350 g/mol. The van der Waals surface area contributed by atoms with Crippen LogP contribution in [0.15, 0.2) is 12.4 Å². The van der Waals surface area contributed by atoms with Crippen molar-refractivity contribution in [1.82, 2.24) is 19.4 Å². The minimum atomic E-state index is -0.175. The molecule has 1 spiro atoms. The van der Waals surface area contributed by atoms with E-state index >= 15 is 0 Å². The molecule has 2 fully saturated rings. The predicted octanol–water partition coefficient (Wildman–Crippen LogP) is 1.01. The van der Waals surface area contributed by atoms with Crippen LogP contribution < -0.4 is 0 Å². The lowest BCUT2D eigenvalue weighted by Crippen LogP contribution is -2.50. The monoisotopic (exact) mass is 350 g/mol. The normalized spacial score (nSPS) is 26.7. The van der Waals surface area contributed by atoms with Crippen LogP contribution in [0.4, 0.5) is 0 Å². The number of imidazole rings is 1. The number of aromatic nitrogens is 2. The number of rotatable bonds is 6. The van der Waals surface area contributed by atoms with Crippen LogP contribution in [0, 0.1) is 5.92 Å². The van der Waals surface area contributed by atoms with Crippen molar-refractivity contribution in [3.63, 3.8) is 0 Å². The van der Waals surface area contributed by atoms with Crippen molar-refractivity contribution in [2.75, 3.05) is 53.6 Å². The van der Waals surface area contributed by atoms with Gasteiger partial charge in [0.1, 0.15) is 0 Å². The second kappa shape index (κ2) is 7.85. The van der Waals surface area contributed by atoms with Crippen LogP contribution in [-0.2, 0) is 16.5 Å². The predicted molar refractivity (Wildman–Crippen MR) is 94.5 cm³/mol. The average Bonchev–Trinajstić information content (AvgIpc) is 3.19. The Morgan fingerprint density at radius 3 is 3.12 bits per heavy atom. The molecule has 2 atom stereocenters. The number of likely N-dealkylation sites (tertiary alicyclic amines) is 1. The Hall–Kier alpha value is -1.44. The summed E-state index contributed by atoms with van der Waals surface area (Å²) in [6.07, 6.45) is 6.53. The van der Waals surface area contributed by atoms with Crippen molar-refractivity contribution >= 4 is 5.91 Å². The Morgan fingerprint density at radius 2 is 2.40 bits per heavy atom. The van der Waals surface area contributed by atoms with Crippen molar-refractivity contribution in [2.24, 2.45) is 13.0 Å². The molecule has 2 aliphatic rings. The van der Waals surface area contributed by atoms with E-state index in [9.17, 15) is 4.79 Å². The molecule has 2 saturated heterocycles. The van der Waals surface area contributed by atoms with Gasteiger partial charge in [0.2, 0.25) is 0 Å². The molecule has 0 aliphatic carbocycles. The fourth-order valence-corrected chi connectivity index (χ4v) is 4.10. The van der Waals surface area contributed by atoms with Gasteiger partial charge in [0, 0.05) is 46.2 Å². The number of amides is 1. The van der Waals surface area contributed by atoms with Crippen molar-refractivity contribution < 1.29 is 14.3 Å². The summed E-state index contributed by atoms with van der Waals surface area (Å²) < 4.78 is 13.2. The highest BCUT2D eigenvalue weighted by Gasteiger charge is 2.45. The highest BCUT2D eigenvalue weighted by molar-refractivity contribution is 5.91. The summed E-state index contributed by atoms with van der Waals surface area (Å²) in [6.45, 7) is 4.94. The fraction of sp³-hybridized carbons (Fsp3) is 0.778. The van der Waals surface area contributed by atoms with Gasteiger partial charge in [-0.3, -0.25) is 4.79 Å². The minimum absolute atomic E-state index is 0.0100. The van der Waals surface area contributed by atoms with Gasteiger partial charge in [0.05, 0.1) is 25.4 Å². The molecule has 1 aromatic rings. The molecule has 1 aromatic heterocycles. The first-order chi connectivity index (χ1) is 12.0. The van der Waals surface area contributed by atoms with Gasteiger partial charge in [-0.15, -0.1) is 0 Å². The van der Waals surface area contributed by atoms with Crippen LogP contribution >= 0.6 is 0 Å². The third-order valence-electron chi connectivity index (χ3n) is 5.37. The van der Waals surface area contributed by atoms with Crippen LogP contribution in [0.25, 0.3) is 0 Å². The largest absolute Gasteiger partial charge is 0.383 e. The Kier molecular flexibility index (Phi) is 5.76. The number of nitrogens with zero attached hydrogens (tertiary/aromatic N) is 4. The molecule has 7 nitrogen and oxygen atoms in total. The van der Waals surface area contributed by atoms with Crippen LogP contribution in [0.2, 0.25) is 0 Å². The Labute approximate surface area is 149 Å². The summed E-state index contributed by atoms with van der Waals surface area (Å²) in [4.78, 5) is 21.2. The number of hydrogen-bond acceptors (Lipinski definition) is 5. The molecule has 2 aliphatic heterocycles. The number of aryl methyl sites for hydroxylation is 1. The topological polar surface area (TPSA) is 59.8 Å². The van der Waals surface area contributed by atoms with Gasteiger partial charge < -0.3 is 23.8 Å². The van der Waals surface area contributed by atoms with Crippen LogP contribution in [0.3, 0.4) is 0 Å². The molecular formula is C18H30N4O3. The lowest BCUT2D eigenvalue weighted by molar-refractivity contribution is -0.0453. The maximum absolute atomic E-state index is 12.8. The molecule has 0 radical (unpaired) electrons. The number of likely N-dealkylation sites (N-methyl/N-ethyl adjacent to an activating group) is 1. The Balaban J connectivity index is 1.58. The van der Waals surface area contributed by atoms with Gasteiger partial charge in [-0.1, -0.05) is 0 Å². The van der Waals surface area contributed by atoms with E-state index in [1.54, 1.807) is 17.9 Å². The summed E-state index contributed by atoms with van der Waals surface area (Å²) in [5.41, 5.74) is -0.175. The first-order valence-electron chi connectivity index (χ1n) is 9.11. The summed E-state index contributed by atoms with van der Waals surface area (Å²) in [5, 5.41) is 0. The van der Waals surface area contributed by atoms with E-state index in [1.807, 2.05) is 18.1 Å². The standard InChI is InChI=1S/C18H30N4O3/c1-20(9-10-24-3)12-15-11-18(25-13-15)5-4-7-22(14-18)17(23)16-19-6-8-21(16)2/h6,8,15H,4-5,7,9-14H2,1-3H3/t15-,18+/m1/s1. The SMILES string of the molecule is COCCN(C)C[C@@H]1CO[C@@]2(CCCN(C(=O)c3nccn3C)C2)C1. The van der Waals surface area contributed by atoms with Crippen molar-refractivity contribution in [3.8, 4) is 0 Å². The summed E-state index contributed by atoms with van der Waals surface area (Å²) in [7, 11) is 5.72. The highest BCUT2D eigenvalue weighted by atomic mass is 16.5. The van der Waals surface area contributed by atoms with Crippen molar-refractivity contribution in [1.29, 1.82) is 0 Å². The van der Waals surface area contributed by atoms with Crippen molar-refractivity contribution in [3.05, 3.63) is 18.2 Å². The van der Waals surface area contributed by atoms with E-state index in [0.717, 1.165) is 52.1 Å². The second-order valence-corrected chi connectivity index (χ2v) is 7.51. The zero-order valence-electron chi connectivity index (χ0n) is 15.6. The lowest BCUT2D eigenvalue weighted by Gasteiger charge is -2.39. The Morgan fingerprint density at radius 1 is 1.56 bits per heavy atom. The van der Waals surface area contributed by atoms with E-state index in [1.165, 1.54) is 0 Å². The van der Waals surface area contributed by atoms with Gasteiger partial charge in [0.25, 0.3) is 5.91 Å². The summed E-state index contributed by atoms with van der Waals surface area (Å²) in [6, 6.07) is 0.